The Labute approximate surface area is 155 Å². The number of benzene rings is 1. The van der Waals surface area contributed by atoms with E-state index >= 15 is 0 Å². The Hall–Kier alpha value is -2.08. The second kappa shape index (κ2) is 9.03. The van der Waals surface area contributed by atoms with Crippen LogP contribution in [0.25, 0.3) is 0 Å². The van der Waals surface area contributed by atoms with Gasteiger partial charge in [0.25, 0.3) is 0 Å². The predicted octanol–water partition coefficient (Wildman–Crippen LogP) is 2.48. The molecule has 26 heavy (non-hydrogen) atoms. The van der Waals surface area contributed by atoms with Gasteiger partial charge in [0.2, 0.25) is 5.91 Å². The first-order valence-electron chi connectivity index (χ1n) is 9.64. The molecule has 2 amide bonds. The summed E-state index contributed by atoms with van der Waals surface area (Å²) in [7, 11) is 0. The fourth-order valence-corrected chi connectivity index (χ4v) is 3.89. The van der Waals surface area contributed by atoms with E-state index in [0.717, 1.165) is 50.6 Å². The number of rotatable bonds is 7. The van der Waals surface area contributed by atoms with Crippen LogP contribution in [0.5, 0.6) is 0 Å². The number of carbonyl (C=O) groups excluding carboxylic acids is 2. The number of hydrogen-bond acceptors (Lipinski definition) is 4. The highest BCUT2D eigenvalue weighted by Gasteiger charge is 2.40. The Balaban J connectivity index is 1.21. The first-order chi connectivity index (χ1) is 12.7. The maximum absolute atomic E-state index is 11.7. The Morgan fingerprint density at radius 3 is 2.65 bits per heavy atom. The molecule has 1 saturated carbocycles. The molecular weight excluding hydrogens is 330 g/mol. The number of alkyl carbamates (subject to hydrolysis) is 1. The number of carbonyl (C=O) groups is 2. The molecule has 1 aliphatic heterocycles. The molecule has 3 N–H and O–H groups in total. The molecule has 2 fully saturated rings. The average Bonchev–Trinajstić information content (AvgIpc) is 3.02. The third kappa shape index (κ3) is 5.46. The van der Waals surface area contributed by atoms with Crippen molar-refractivity contribution in [2.24, 2.45) is 0 Å². The van der Waals surface area contributed by atoms with Crippen molar-refractivity contribution in [1.82, 2.24) is 16.0 Å². The van der Waals surface area contributed by atoms with E-state index in [1.807, 2.05) is 30.3 Å². The molecule has 3 rings (SSSR count). The van der Waals surface area contributed by atoms with E-state index < -0.39 is 0 Å². The van der Waals surface area contributed by atoms with Gasteiger partial charge in [-0.25, -0.2) is 4.79 Å². The highest BCUT2D eigenvalue weighted by atomic mass is 16.5. The van der Waals surface area contributed by atoms with Crippen LogP contribution >= 0.6 is 0 Å². The Bertz CT molecular complexity index is 598. The Morgan fingerprint density at radius 2 is 1.96 bits per heavy atom. The zero-order chi connectivity index (χ0) is 18.2. The lowest BCUT2D eigenvalue weighted by Gasteiger charge is -2.37. The van der Waals surface area contributed by atoms with Gasteiger partial charge in [0, 0.05) is 24.5 Å². The molecule has 0 radical (unpaired) electrons. The van der Waals surface area contributed by atoms with Gasteiger partial charge in [0.05, 0.1) is 6.61 Å². The molecule has 6 nitrogen and oxygen atoms in total. The molecule has 0 atom stereocenters. The lowest BCUT2D eigenvalue weighted by molar-refractivity contribution is -0.120. The van der Waals surface area contributed by atoms with Crippen molar-refractivity contribution in [2.45, 2.75) is 63.1 Å². The maximum atomic E-state index is 11.7. The standard InChI is InChI=1S/C20H29N3O3/c24-18-9-12-20(23-18)10-7-17(8-11-20)21-13-4-14-26-19(25)22-15-16-5-2-1-3-6-16/h1-3,5-6,17,21H,4,7-15H2,(H,22,25)(H,23,24). The molecule has 6 heteroatoms. The minimum Gasteiger partial charge on any atom is -0.450 e. The molecule has 2 aliphatic rings. The van der Waals surface area contributed by atoms with E-state index in [2.05, 4.69) is 16.0 Å². The summed E-state index contributed by atoms with van der Waals surface area (Å²) >= 11 is 0. The van der Waals surface area contributed by atoms with Crippen LogP contribution in [-0.4, -0.2) is 36.7 Å². The molecule has 142 valence electrons. The summed E-state index contributed by atoms with van der Waals surface area (Å²) < 4.78 is 5.20. The van der Waals surface area contributed by atoms with E-state index in [1.165, 1.54) is 0 Å². The molecule has 1 aliphatic carbocycles. The van der Waals surface area contributed by atoms with Crippen LogP contribution in [0.1, 0.15) is 50.5 Å². The van der Waals surface area contributed by atoms with Crippen LogP contribution < -0.4 is 16.0 Å². The fraction of sp³-hybridized carbons (Fsp3) is 0.600. The summed E-state index contributed by atoms with van der Waals surface area (Å²) in [5, 5.41) is 9.47. The van der Waals surface area contributed by atoms with Gasteiger partial charge in [0.15, 0.2) is 0 Å². The zero-order valence-corrected chi connectivity index (χ0v) is 15.3. The van der Waals surface area contributed by atoms with Crippen molar-refractivity contribution in [3.05, 3.63) is 35.9 Å². The van der Waals surface area contributed by atoms with Crippen LogP contribution in [0.3, 0.4) is 0 Å². The smallest absolute Gasteiger partial charge is 0.407 e. The van der Waals surface area contributed by atoms with Gasteiger partial charge in [-0.15, -0.1) is 0 Å². The van der Waals surface area contributed by atoms with Crippen LogP contribution in [0.15, 0.2) is 30.3 Å². The van der Waals surface area contributed by atoms with Crippen molar-refractivity contribution >= 4 is 12.0 Å². The van der Waals surface area contributed by atoms with E-state index in [1.54, 1.807) is 0 Å². The number of amides is 2. The summed E-state index contributed by atoms with van der Waals surface area (Å²) in [4.78, 5) is 23.1. The molecule has 0 bridgehead atoms. The van der Waals surface area contributed by atoms with Crippen LogP contribution in [0, 0.1) is 0 Å². The third-order valence-electron chi connectivity index (χ3n) is 5.44. The van der Waals surface area contributed by atoms with E-state index in [4.69, 9.17) is 4.74 Å². The first-order valence-corrected chi connectivity index (χ1v) is 9.64. The second-order valence-corrected chi connectivity index (χ2v) is 7.39. The summed E-state index contributed by atoms with van der Waals surface area (Å²) in [6.07, 6.45) is 6.43. The van der Waals surface area contributed by atoms with Crippen molar-refractivity contribution < 1.29 is 14.3 Å². The minimum absolute atomic E-state index is 0.0786. The molecule has 1 aromatic rings. The lowest BCUT2D eigenvalue weighted by atomic mass is 9.78. The van der Waals surface area contributed by atoms with Crippen LogP contribution in [-0.2, 0) is 16.1 Å². The van der Waals surface area contributed by atoms with E-state index in [9.17, 15) is 9.59 Å². The van der Waals surface area contributed by atoms with Gasteiger partial charge >= 0.3 is 6.09 Å². The van der Waals surface area contributed by atoms with Gasteiger partial charge in [-0.2, -0.15) is 0 Å². The van der Waals surface area contributed by atoms with Gasteiger partial charge in [-0.05, 0) is 50.6 Å². The number of nitrogens with one attached hydrogen (secondary N) is 3. The van der Waals surface area contributed by atoms with Crippen molar-refractivity contribution in [3.8, 4) is 0 Å². The van der Waals surface area contributed by atoms with Gasteiger partial charge in [-0.1, -0.05) is 30.3 Å². The Kier molecular flexibility index (Phi) is 6.50. The maximum Gasteiger partial charge on any atom is 0.407 e. The normalized spacial score (nSPS) is 25.1. The summed E-state index contributed by atoms with van der Waals surface area (Å²) in [6.45, 7) is 1.74. The zero-order valence-electron chi connectivity index (χ0n) is 15.3. The van der Waals surface area contributed by atoms with Crippen molar-refractivity contribution in [3.63, 3.8) is 0 Å². The number of hydrogen-bond donors (Lipinski definition) is 3. The summed E-state index contributed by atoms with van der Waals surface area (Å²) in [6, 6.07) is 10.3. The van der Waals surface area contributed by atoms with Crippen molar-refractivity contribution in [2.75, 3.05) is 13.2 Å². The molecule has 1 saturated heterocycles. The van der Waals surface area contributed by atoms with Crippen molar-refractivity contribution in [1.29, 1.82) is 0 Å². The summed E-state index contributed by atoms with van der Waals surface area (Å²) in [5.74, 6) is 0.207. The molecule has 1 spiro atoms. The quantitative estimate of drug-likeness (QED) is 0.654. The monoisotopic (exact) mass is 359 g/mol. The minimum atomic E-state index is -0.370. The lowest BCUT2D eigenvalue weighted by Crippen LogP contribution is -2.48. The predicted molar refractivity (Wildman–Crippen MR) is 99.6 cm³/mol. The topological polar surface area (TPSA) is 79.5 Å². The molecule has 0 aromatic heterocycles. The van der Waals surface area contributed by atoms with Gasteiger partial charge in [0.1, 0.15) is 0 Å². The molecule has 0 unspecified atom stereocenters. The average molecular weight is 359 g/mol. The highest BCUT2D eigenvalue weighted by molar-refractivity contribution is 5.79. The van der Waals surface area contributed by atoms with Crippen LogP contribution in [0.2, 0.25) is 0 Å². The summed E-state index contributed by atoms with van der Waals surface area (Å²) in [5.41, 5.74) is 1.13. The van der Waals surface area contributed by atoms with E-state index in [-0.39, 0.29) is 17.5 Å². The molecule has 1 aromatic carbocycles. The molecule has 1 heterocycles. The second-order valence-electron chi connectivity index (χ2n) is 7.39. The highest BCUT2D eigenvalue weighted by Crippen LogP contribution is 2.35. The largest absolute Gasteiger partial charge is 0.450 e. The third-order valence-corrected chi connectivity index (χ3v) is 5.44. The fourth-order valence-electron chi connectivity index (χ4n) is 3.89. The Morgan fingerprint density at radius 1 is 1.19 bits per heavy atom. The van der Waals surface area contributed by atoms with Crippen LogP contribution in [0.4, 0.5) is 4.79 Å². The molecular formula is C20H29N3O3. The number of ether oxygens (including phenoxy) is 1. The first kappa shape index (κ1) is 18.7. The van der Waals surface area contributed by atoms with E-state index in [0.29, 0.717) is 25.6 Å². The van der Waals surface area contributed by atoms with Gasteiger partial charge < -0.3 is 20.7 Å². The SMILES string of the molecule is O=C1CCC2(CCC(NCCCOC(=O)NCc3ccccc3)CC2)N1. The van der Waals surface area contributed by atoms with Gasteiger partial charge in [-0.3, -0.25) is 4.79 Å².